The summed E-state index contributed by atoms with van der Waals surface area (Å²) in [6.07, 6.45) is -0.667. The van der Waals surface area contributed by atoms with Crippen molar-refractivity contribution in [2.24, 2.45) is 5.73 Å². The lowest BCUT2D eigenvalue weighted by molar-refractivity contribution is 0.153. The fourth-order valence-electron chi connectivity index (χ4n) is 1.17. The van der Waals surface area contributed by atoms with Crippen molar-refractivity contribution in [2.75, 3.05) is 0 Å². The summed E-state index contributed by atoms with van der Waals surface area (Å²) in [6, 6.07) is 4.68. The van der Waals surface area contributed by atoms with Gasteiger partial charge in [0, 0.05) is 6.04 Å². The van der Waals surface area contributed by atoms with Gasteiger partial charge in [-0.2, -0.15) is 0 Å². The molecule has 0 spiro atoms. The number of aliphatic hydroxyl groups is 1. The summed E-state index contributed by atoms with van der Waals surface area (Å²) in [5.41, 5.74) is 7.03. The SMILES string of the molecule is Cc1cc([C@@H](O)[C@@H](C)N)ccc1O. The number of phenolic OH excluding ortho intramolecular Hbond substituents is 1. The Balaban J connectivity index is 2.97. The molecule has 1 aromatic rings. The molecule has 0 bridgehead atoms. The van der Waals surface area contributed by atoms with Gasteiger partial charge in [-0.25, -0.2) is 0 Å². The first kappa shape index (κ1) is 10.0. The lowest BCUT2D eigenvalue weighted by Gasteiger charge is -2.15. The molecule has 0 amide bonds. The van der Waals surface area contributed by atoms with Crippen molar-refractivity contribution >= 4 is 0 Å². The van der Waals surface area contributed by atoms with E-state index in [9.17, 15) is 10.2 Å². The third-order valence-corrected chi connectivity index (χ3v) is 2.06. The van der Waals surface area contributed by atoms with E-state index in [0.717, 1.165) is 11.1 Å². The number of hydrogen-bond acceptors (Lipinski definition) is 3. The highest BCUT2D eigenvalue weighted by Crippen LogP contribution is 2.22. The van der Waals surface area contributed by atoms with Gasteiger partial charge < -0.3 is 15.9 Å². The molecule has 0 radical (unpaired) electrons. The molecular formula is C10H15NO2. The normalized spacial score (nSPS) is 15.4. The van der Waals surface area contributed by atoms with Crippen molar-refractivity contribution in [3.8, 4) is 5.75 Å². The summed E-state index contributed by atoms with van der Waals surface area (Å²) in [4.78, 5) is 0. The van der Waals surface area contributed by atoms with Crippen LogP contribution in [-0.4, -0.2) is 16.3 Å². The summed E-state index contributed by atoms with van der Waals surface area (Å²) in [6.45, 7) is 3.53. The highest BCUT2D eigenvalue weighted by atomic mass is 16.3. The first-order valence-corrected chi connectivity index (χ1v) is 4.25. The molecule has 0 aliphatic carbocycles. The van der Waals surface area contributed by atoms with Crippen LogP contribution in [0.4, 0.5) is 0 Å². The highest BCUT2D eigenvalue weighted by Gasteiger charge is 2.12. The van der Waals surface area contributed by atoms with Crippen LogP contribution in [0.15, 0.2) is 18.2 Å². The van der Waals surface area contributed by atoms with E-state index in [1.165, 1.54) is 0 Å². The Morgan fingerprint density at radius 3 is 2.46 bits per heavy atom. The number of aryl methyl sites for hydroxylation is 1. The van der Waals surface area contributed by atoms with Crippen molar-refractivity contribution in [1.82, 2.24) is 0 Å². The zero-order chi connectivity index (χ0) is 10.0. The first-order chi connectivity index (χ1) is 6.02. The molecule has 0 aromatic heterocycles. The van der Waals surface area contributed by atoms with E-state index in [1.54, 1.807) is 32.0 Å². The molecule has 1 rings (SSSR count). The number of aromatic hydroxyl groups is 1. The van der Waals surface area contributed by atoms with Gasteiger partial charge in [0.05, 0.1) is 6.10 Å². The topological polar surface area (TPSA) is 66.5 Å². The Morgan fingerprint density at radius 1 is 1.38 bits per heavy atom. The van der Waals surface area contributed by atoms with Crippen molar-refractivity contribution in [3.63, 3.8) is 0 Å². The lowest BCUT2D eigenvalue weighted by Crippen LogP contribution is -2.24. The fourth-order valence-corrected chi connectivity index (χ4v) is 1.17. The van der Waals surface area contributed by atoms with Crippen molar-refractivity contribution in [3.05, 3.63) is 29.3 Å². The molecule has 2 atom stereocenters. The van der Waals surface area contributed by atoms with E-state index in [1.807, 2.05) is 0 Å². The average Bonchev–Trinajstić information content (AvgIpc) is 2.08. The molecule has 3 heteroatoms. The van der Waals surface area contributed by atoms with Gasteiger partial charge >= 0.3 is 0 Å². The van der Waals surface area contributed by atoms with Gasteiger partial charge in [-0.05, 0) is 37.1 Å². The van der Waals surface area contributed by atoms with E-state index in [4.69, 9.17) is 5.73 Å². The van der Waals surface area contributed by atoms with Crippen molar-refractivity contribution < 1.29 is 10.2 Å². The summed E-state index contributed by atoms with van der Waals surface area (Å²) >= 11 is 0. The molecular weight excluding hydrogens is 166 g/mol. The second kappa shape index (κ2) is 3.77. The maximum Gasteiger partial charge on any atom is 0.118 e. The van der Waals surface area contributed by atoms with E-state index >= 15 is 0 Å². The number of rotatable bonds is 2. The predicted molar refractivity (Wildman–Crippen MR) is 51.5 cm³/mol. The molecule has 0 saturated carbocycles. The van der Waals surface area contributed by atoms with Crippen LogP contribution in [0.3, 0.4) is 0 Å². The van der Waals surface area contributed by atoms with Gasteiger partial charge in [0.25, 0.3) is 0 Å². The lowest BCUT2D eigenvalue weighted by atomic mass is 10.0. The smallest absolute Gasteiger partial charge is 0.118 e. The third-order valence-electron chi connectivity index (χ3n) is 2.06. The number of phenols is 1. The van der Waals surface area contributed by atoms with Crippen LogP contribution in [0.25, 0.3) is 0 Å². The van der Waals surface area contributed by atoms with Crippen LogP contribution in [0.5, 0.6) is 5.75 Å². The molecule has 0 fully saturated rings. The van der Waals surface area contributed by atoms with Crippen molar-refractivity contribution in [2.45, 2.75) is 26.0 Å². The van der Waals surface area contributed by atoms with E-state index < -0.39 is 6.10 Å². The number of aliphatic hydroxyl groups excluding tert-OH is 1. The van der Waals surface area contributed by atoms with Crippen LogP contribution in [0.1, 0.15) is 24.2 Å². The summed E-state index contributed by atoms with van der Waals surface area (Å²) in [5.74, 6) is 0.237. The monoisotopic (exact) mass is 181 g/mol. The Bertz CT molecular complexity index is 297. The van der Waals surface area contributed by atoms with Gasteiger partial charge in [-0.15, -0.1) is 0 Å². The second-order valence-electron chi connectivity index (χ2n) is 3.35. The molecule has 1 aromatic carbocycles. The quantitative estimate of drug-likeness (QED) is 0.639. The fraction of sp³-hybridized carbons (Fsp3) is 0.400. The minimum Gasteiger partial charge on any atom is -0.508 e. The van der Waals surface area contributed by atoms with E-state index in [2.05, 4.69) is 0 Å². The maximum absolute atomic E-state index is 9.61. The molecule has 0 heterocycles. The Kier molecular flexibility index (Phi) is 2.90. The second-order valence-corrected chi connectivity index (χ2v) is 3.35. The van der Waals surface area contributed by atoms with Gasteiger partial charge in [-0.1, -0.05) is 6.07 Å². The summed E-state index contributed by atoms with van der Waals surface area (Å²) in [5, 5.41) is 18.9. The average molecular weight is 181 g/mol. The molecule has 0 aliphatic rings. The van der Waals surface area contributed by atoms with Gasteiger partial charge in [-0.3, -0.25) is 0 Å². The van der Waals surface area contributed by atoms with Gasteiger partial charge in [0.15, 0.2) is 0 Å². The Labute approximate surface area is 77.8 Å². The van der Waals surface area contributed by atoms with Gasteiger partial charge in [0.1, 0.15) is 5.75 Å². The summed E-state index contributed by atoms with van der Waals surface area (Å²) < 4.78 is 0. The maximum atomic E-state index is 9.61. The number of nitrogens with two attached hydrogens (primary N) is 1. The minimum atomic E-state index is -0.667. The molecule has 13 heavy (non-hydrogen) atoms. The van der Waals surface area contributed by atoms with Crippen LogP contribution in [0, 0.1) is 6.92 Å². The van der Waals surface area contributed by atoms with E-state index in [0.29, 0.717) is 0 Å². The summed E-state index contributed by atoms with van der Waals surface area (Å²) in [7, 11) is 0. The van der Waals surface area contributed by atoms with Crippen molar-refractivity contribution in [1.29, 1.82) is 0 Å². The Morgan fingerprint density at radius 2 is 2.00 bits per heavy atom. The highest BCUT2D eigenvalue weighted by molar-refractivity contribution is 5.36. The van der Waals surface area contributed by atoms with Gasteiger partial charge in [0.2, 0.25) is 0 Å². The largest absolute Gasteiger partial charge is 0.508 e. The predicted octanol–water partition coefficient (Wildman–Crippen LogP) is 1.08. The third kappa shape index (κ3) is 2.20. The van der Waals surface area contributed by atoms with Crippen LogP contribution >= 0.6 is 0 Å². The number of benzene rings is 1. The Hall–Kier alpha value is -1.06. The van der Waals surface area contributed by atoms with Crippen LogP contribution in [-0.2, 0) is 0 Å². The molecule has 3 nitrogen and oxygen atoms in total. The zero-order valence-electron chi connectivity index (χ0n) is 7.86. The standard InChI is InChI=1S/C10H15NO2/c1-6-5-8(3-4-9(6)12)10(13)7(2)11/h3-5,7,10,12-13H,11H2,1-2H3/t7-,10+/m1/s1. The molecule has 0 unspecified atom stereocenters. The molecule has 72 valence electrons. The minimum absolute atomic E-state index is 0.237. The molecule has 4 N–H and O–H groups in total. The molecule has 0 saturated heterocycles. The number of hydrogen-bond donors (Lipinski definition) is 3. The van der Waals surface area contributed by atoms with Crippen LogP contribution in [0.2, 0.25) is 0 Å². The zero-order valence-corrected chi connectivity index (χ0v) is 7.86. The van der Waals surface area contributed by atoms with Crippen LogP contribution < -0.4 is 5.73 Å². The molecule has 0 aliphatic heterocycles. The first-order valence-electron chi connectivity index (χ1n) is 4.25. The van der Waals surface area contributed by atoms with E-state index in [-0.39, 0.29) is 11.8 Å².